The largest absolute Gasteiger partial charge is 0.454 e. The lowest BCUT2D eigenvalue weighted by Gasteiger charge is -2.23. The summed E-state index contributed by atoms with van der Waals surface area (Å²) < 4.78 is 5.02. The molecule has 4 rings (SSSR count). The predicted octanol–water partition coefficient (Wildman–Crippen LogP) is 2.67. The van der Waals surface area contributed by atoms with E-state index >= 15 is 0 Å². The molecule has 5 atom stereocenters. The first-order valence-electron chi connectivity index (χ1n) is 9.24. The van der Waals surface area contributed by atoms with Crippen molar-refractivity contribution in [1.29, 1.82) is 0 Å². The molecule has 7 nitrogen and oxygen atoms in total. The number of halogens is 2. The zero-order valence-electron chi connectivity index (χ0n) is 15.4. The first kappa shape index (κ1) is 19.9. The third kappa shape index (κ3) is 3.42. The fraction of sp³-hybridized carbons (Fsp3) is 0.400. The summed E-state index contributed by atoms with van der Waals surface area (Å²) in [6.45, 7) is 0.849. The van der Waals surface area contributed by atoms with Crippen LogP contribution in [0.25, 0.3) is 0 Å². The van der Waals surface area contributed by atoms with E-state index in [9.17, 15) is 19.2 Å². The molecule has 1 saturated carbocycles. The van der Waals surface area contributed by atoms with E-state index in [4.69, 9.17) is 27.9 Å². The number of allylic oxidation sites excluding steroid dienone is 2. The van der Waals surface area contributed by atoms with Gasteiger partial charge in [0.05, 0.1) is 22.5 Å². The van der Waals surface area contributed by atoms with Crippen LogP contribution < -0.4 is 5.32 Å². The number of anilines is 1. The molecule has 152 valence electrons. The average Bonchev–Trinajstić information content (AvgIpc) is 3.36. The van der Waals surface area contributed by atoms with E-state index in [0.717, 1.165) is 11.3 Å². The number of nitrogens with zero attached hydrogens (tertiary/aromatic N) is 1. The van der Waals surface area contributed by atoms with E-state index < -0.39 is 24.5 Å². The molecule has 1 aliphatic heterocycles. The summed E-state index contributed by atoms with van der Waals surface area (Å²) in [5, 5.41) is 3.16. The zero-order valence-corrected chi connectivity index (χ0v) is 16.9. The van der Waals surface area contributed by atoms with Gasteiger partial charge in [-0.1, -0.05) is 35.4 Å². The summed E-state index contributed by atoms with van der Waals surface area (Å²) in [6, 6.07) is 3.47. The van der Waals surface area contributed by atoms with E-state index in [0.29, 0.717) is 5.02 Å². The van der Waals surface area contributed by atoms with Crippen LogP contribution in [0.2, 0.25) is 10.0 Å². The van der Waals surface area contributed by atoms with Crippen LogP contribution in [0.3, 0.4) is 0 Å². The molecule has 3 aliphatic rings. The van der Waals surface area contributed by atoms with Gasteiger partial charge < -0.3 is 10.1 Å². The van der Waals surface area contributed by atoms with Gasteiger partial charge in [0, 0.05) is 5.02 Å². The third-order valence-corrected chi connectivity index (χ3v) is 6.35. The molecule has 2 bridgehead atoms. The highest BCUT2D eigenvalue weighted by Gasteiger charge is 2.60. The Morgan fingerprint density at radius 1 is 1.17 bits per heavy atom. The Morgan fingerprint density at radius 2 is 1.79 bits per heavy atom. The van der Waals surface area contributed by atoms with Crippen molar-refractivity contribution in [2.75, 3.05) is 11.9 Å². The van der Waals surface area contributed by atoms with Gasteiger partial charge in [-0.3, -0.25) is 19.3 Å². The summed E-state index contributed by atoms with van der Waals surface area (Å²) in [5.74, 6) is -2.77. The SMILES string of the molecule is C[C@@H](C(=O)OCC(=O)Nc1cc(Cl)ccc1Cl)N1C(=O)[C@@H]2[C@H](C1=O)[C@H]1C=C[C@H]2C1. The molecule has 29 heavy (non-hydrogen) atoms. The number of carbonyl (C=O) groups is 4. The van der Waals surface area contributed by atoms with Crippen LogP contribution in [-0.4, -0.2) is 41.2 Å². The number of rotatable bonds is 5. The highest BCUT2D eigenvalue weighted by atomic mass is 35.5. The predicted molar refractivity (Wildman–Crippen MR) is 105 cm³/mol. The zero-order chi connectivity index (χ0) is 20.9. The molecule has 0 aromatic heterocycles. The minimum atomic E-state index is -1.09. The van der Waals surface area contributed by atoms with Crippen molar-refractivity contribution >= 4 is 52.6 Å². The Morgan fingerprint density at radius 3 is 2.41 bits per heavy atom. The standard InChI is InChI=1S/C20H18Cl2N2O5/c1-9(24-18(26)16-10-2-3-11(6-10)17(16)19(24)27)20(28)29-8-15(25)23-14-7-12(21)4-5-13(14)22/h2-5,7,9-11,16-17H,6,8H2,1H3,(H,23,25)/t9-,10-,11-,16-,17+/m0/s1. The van der Waals surface area contributed by atoms with E-state index in [1.807, 2.05) is 12.2 Å². The quantitative estimate of drug-likeness (QED) is 0.435. The molecule has 1 saturated heterocycles. The number of esters is 1. The second-order valence-corrected chi connectivity index (χ2v) is 8.35. The van der Waals surface area contributed by atoms with Gasteiger partial charge in [0.15, 0.2) is 6.61 Å². The first-order valence-corrected chi connectivity index (χ1v) is 10.0. The van der Waals surface area contributed by atoms with Gasteiger partial charge in [-0.05, 0) is 43.4 Å². The highest BCUT2D eigenvalue weighted by molar-refractivity contribution is 6.35. The van der Waals surface area contributed by atoms with E-state index in [-0.39, 0.29) is 46.2 Å². The number of carbonyl (C=O) groups excluding carboxylic acids is 4. The van der Waals surface area contributed by atoms with Crippen molar-refractivity contribution in [3.05, 3.63) is 40.4 Å². The molecular weight excluding hydrogens is 419 g/mol. The summed E-state index contributed by atoms with van der Waals surface area (Å²) in [6.07, 6.45) is 4.77. The first-order chi connectivity index (χ1) is 13.8. The monoisotopic (exact) mass is 436 g/mol. The van der Waals surface area contributed by atoms with Crippen molar-refractivity contribution < 1.29 is 23.9 Å². The summed E-state index contributed by atoms with van der Waals surface area (Å²) in [7, 11) is 0. The number of benzene rings is 1. The Balaban J connectivity index is 1.35. The van der Waals surface area contributed by atoms with Crippen molar-refractivity contribution in [2.45, 2.75) is 19.4 Å². The van der Waals surface area contributed by atoms with E-state index in [1.54, 1.807) is 6.07 Å². The molecule has 1 aromatic rings. The Labute approximate surface area is 177 Å². The Bertz CT molecular complexity index is 917. The van der Waals surface area contributed by atoms with Gasteiger partial charge in [0.1, 0.15) is 6.04 Å². The van der Waals surface area contributed by atoms with E-state index in [1.165, 1.54) is 19.1 Å². The maximum atomic E-state index is 12.7. The number of nitrogens with one attached hydrogen (secondary N) is 1. The molecule has 0 unspecified atom stereocenters. The highest BCUT2D eigenvalue weighted by Crippen LogP contribution is 2.52. The van der Waals surface area contributed by atoms with Crippen LogP contribution in [0.4, 0.5) is 5.69 Å². The van der Waals surface area contributed by atoms with Gasteiger partial charge in [-0.2, -0.15) is 0 Å². The normalized spacial score (nSPS) is 27.9. The molecule has 3 amide bonds. The molecule has 1 N–H and O–H groups in total. The number of fused-ring (bicyclic) bond motifs is 5. The van der Waals surface area contributed by atoms with Gasteiger partial charge in [-0.25, -0.2) is 4.79 Å². The lowest BCUT2D eigenvalue weighted by Crippen LogP contribution is -2.45. The second-order valence-electron chi connectivity index (χ2n) is 7.50. The average molecular weight is 437 g/mol. The van der Waals surface area contributed by atoms with Gasteiger partial charge in [-0.15, -0.1) is 0 Å². The van der Waals surface area contributed by atoms with Gasteiger partial charge in [0.2, 0.25) is 11.8 Å². The molecule has 2 fully saturated rings. The van der Waals surface area contributed by atoms with Crippen molar-refractivity contribution in [1.82, 2.24) is 4.90 Å². The topological polar surface area (TPSA) is 92.8 Å². The van der Waals surface area contributed by atoms with Crippen LogP contribution in [0.5, 0.6) is 0 Å². The van der Waals surface area contributed by atoms with Crippen molar-refractivity contribution in [3.63, 3.8) is 0 Å². The molecule has 1 heterocycles. The second kappa shape index (κ2) is 7.46. The minimum Gasteiger partial charge on any atom is -0.454 e. The Hall–Kier alpha value is -2.38. The van der Waals surface area contributed by atoms with Crippen LogP contribution >= 0.6 is 23.2 Å². The number of ether oxygens (including phenoxy) is 1. The number of hydrogen-bond acceptors (Lipinski definition) is 5. The van der Waals surface area contributed by atoms with Crippen molar-refractivity contribution in [2.24, 2.45) is 23.7 Å². The molecule has 2 aliphatic carbocycles. The lowest BCUT2D eigenvalue weighted by atomic mass is 9.85. The smallest absolute Gasteiger partial charge is 0.329 e. The minimum absolute atomic E-state index is 0.0582. The molecule has 0 radical (unpaired) electrons. The molecular formula is C20H18Cl2N2O5. The third-order valence-electron chi connectivity index (χ3n) is 5.78. The van der Waals surface area contributed by atoms with Gasteiger partial charge in [0.25, 0.3) is 5.91 Å². The summed E-state index contributed by atoms with van der Waals surface area (Å²) >= 11 is 11.8. The maximum Gasteiger partial charge on any atom is 0.329 e. The van der Waals surface area contributed by atoms with Crippen LogP contribution in [0, 0.1) is 23.7 Å². The van der Waals surface area contributed by atoms with Gasteiger partial charge >= 0.3 is 5.97 Å². The summed E-state index contributed by atoms with van der Waals surface area (Å²) in [5.41, 5.74) is 0.286. The Kier molecular flexibility index (Phi) is 5.12. The van der Waals surface area contributed by atoms with Crippen LogP contribution in [0.15, 0.2) is 30.4 Å². The maximum absolute atomic E-state index is 12.7. The molecule has 1 aromatic carbocycles. The lowest BCUT2D eigenvalue weighted by molar-refractivity contribution is -0.159. The van der Waals surface area contributed by atoms with Crippen LogP contribution in [-0.2, 0) is 23.9 Å². The van der Waals surface area contributed by atoms with Crippen LogP contribution in [0.1, 0.15) is 13.3 Å². The fourth-order valence-corrected chi connectivity index (χ4v) is 4.79. The number of likely N-dealkylation sites (tertiary alicyclic amines) is 1. The number of hydrogen-bond donors (Lipinski definition) is 1. The number of amides is 3. The number of imide groups is 1. The molecule has 0 spiro atoms. The van der Waals surface area contributed by atoms with E-state index in [2.05, 4.69) is 5.32 Å². The van der Waals surface area contributed by atoms with Crippen molar-refractivity contribution in [3.8, 4) is 0 Å². The fourth-order valence-electron chi connectivity index (χ4n) is 4.45. The summed E-state index contributed by atoms with van der Waals surface area (Å²) in [4.78, 5) is 50.9. The molecule has 9 heteroatoms.